The summed E-state index contributed by atoms with van der Waals surface area (Å²) in [5.41, 5.74) is 3.69. The lowest BCUT2D eigenvalue weighted by Gasteiger charge is -2.18. The highest BCUT2D eigenvalue weighted by Crippen LogP contribution is 2.25. The third kappa shape index (κ3) is 6.28. The van der Waals surface area contributed by atoms with Gasteiger partial charge < -0.3 is 15.4 Å². The fraction of sp³-hybridized carbons (Fsp3) is 0.0714. The Labute approximate surface area is 199 Å². The summed E-state index contributed by atoms with van der Waals surface area (Å²) in [6, 6.07) is 36.8. The predicted octanol–water partition coefficient (Wildman–Crippen LogP) is 5.91. The van der Waals surface area contributed by atoms with Crippen molar-refractivity contribution < 1.29 is 9.53 Å². The molecule has 4 rings (SSSR count). The summed E-state index contributed by atoms with van der Waals surface area (Å²) in [4.78, 5) is 13.2. The molecule has 33 heavy (non-hydrogen) atoms. The van der Waals surface area contributed by atoms with Crippen molar-refractivity contribution in [2.45, 2.75) is 12.5 Å². The number of thiocarbonyl (C=S) groups is 1. The predicted molar refractivity (Wildman–Crippen MR) is 136 cm³/mol. The summed E-state index contributed by atoms with van der Waals surface area (Å²) in [6.45, 7) is 0.502. The average Bonchev–Trinajstić information content (AvgIpc) is 2.86. The Morgan fingerprint density at radius 2 is 1.24 bits per heavy atom. The summed E-state index contributed by atoms with van der Waals surface area (Å²) < 4.78 is 5.82. The number of carbonyl (C=O) groups excluding carboxylic acids is 1. The summed E-state index contributed by atoms with van der Waals surface area (Å²) >= 11 is 5.41. The van der Waals surface area contributed by atoms with Gasteiger partial charge >= 0.3 is 0 Å². The molecule has 1 amide bonds. The molecule has 0 saturated carbocycles. The molecule has 0 aliphatic carbocycles. The van der Waals surface area contributed by atoms with Crippen molar-refractivity contribution >= 4 is 28.9 Å². The molecule has 0 radical (unpaired) electrons. The minimum Gasteiger partial charge on any atom is -0.489 e. The highest BCUT2D eigenvalue weighted by molar-refractivity contribution is 7.80. The number of anilines is 1. The molecule has 0 saturated heterocycles. The van der Waals surface area contributed by atoms with Gasteiger partial charge in [0, 0.05) is 5.69 Å². The van der Waals surface area contributed by atoms with Crippen molar-refractivity contribution in [1.29, 1.82) is 0 Å². The molecular formula is C28H24N2O2S. The Balaban J connectivity index is 1.37. The van der Waals surface area contributed by atoms with E-state index in [1.165, 1.54) is 0 Å². The fourth-order valence-corrected chi connectivity index (χ4v) is 3.73. The number of ether oxygens (including phenoxy) is 1. The smallest absolute Gasteiger partial charge is 0.238 e. The molecule has 0 aliphatic heterocycles. The summed E-state index contributed by atoms with van der Waals surface area (Å²) in [7, 11) is 0. The molecule has 0 heterocycles. The zero-order valence-corrected chi connectivity index (χ0v) is 18.8. The minimum atomic E-state index is -0.457. The lowest BCUT2D eigenvalue weighted by molar-refractivity contribution is -0.120. The highest BCUT2D eigenvalue weighted by atomic mass is 32.1. The van der Waals surface area contributed by atoms with Crippen molar-refractivity contribution in [1.82, 2.24) is 5.32 Å². The van der Waals surface area contributed by atoms with E-state index in [1.807, 2.05) is 115 Å². The van der Waals surface area contributed by atoms with E-state index in [0.29, 0.717) is 6.61 Å². The molecule has 2 N–H and O–H groups in total. The van der Waals surface area contributed by atoms with E-state index < -0.39 is 5.92 Å². The first-order chi connectivity index (χ1) is 16.2. The van der Waals surface area contributed by atoms with Crippen LogP contribution in [-0.2, 0) is 11.4 Å². The van der Waals surface area contributed by atoms with Gasteiger partial charge in [0.1, 0.15) is 12.4 Å². The molecule has 4 aromatic rings. The summed E-state index contributed by atoms with van der Waals surface area (Å²) in [5, 5.41) is 6.16. The van der Waals surface area contributed by atoms with Crippen LogP contribution in [0.5, 0.6) is 5.75 Å². The Morgan fingerprint density at radius 1 is 0.727 bits per heavy atom. The van der Waals surface area contributed by atoms with E-state index in [-0.39, 0.29) is 11.0 Å². The first kappa shape index (κ1) is 22.2. The van der Waals surface area contributed by atoms with Crippen molar-refractivity contribution in [2.24, 2.45) is 0 Å². The van der Waals surface area contributed by atoms with E-state index >= 15 is 0 Å². The zero-order chi connectivity index (χ0) is 22.9. The Hall–Kier alpha value is -3.96. The number of nitrogens with one attached hydrogen (secondary N) is 2. The maximum Gasteiger partial charge on any atom is 0.238 e. The first-order valence-electron chi connectivity index (χ1n) is 10.7. The number of rotatable bonds is 7. The summed E-state index contributed by atoms with van der Waals surface area (Å²) in [5.74, 6) is 0.112. The largest absolute Gasteiger partial charge is 0.489 e. The fourth-order valence-electron chi connectivity index (χ4n) is 3.51. The molecule has 0 atom stereocenters. The number of carbonyl (C=O) groups is 1. The number of hydrogen-bond donors (Lipinski definition) is 2. The average molecular weight is 453 g/mol. The third-order valence-corrected chi connectivity index (χ3v) is 5.33. The quantitative estimate of drug-likeness (QED) is 0.342. The molecule has 0 spiro atoms. The van der Waals surface area contributed by atoms with Crippen LogP contribution in [0.3, 0.4) is 0 Å². The SMILES string of the molecule is O=C(NC(=S)Nc1ccc(OCc2ccccc2)cc1)C(c1ccccc1)c1ccccc1. The first-order valence-corrected chi connectivity index (χ1v) is 11.1. The Morgan fingerprint density at radius 3 is 1.79 bits per heavy atom. The van der Waals surface area contributed by atoms with Crippen molar-refractivity contribution in [3.8, 4) is 5.75 Å². The van der Waals surface area contributed by atoms with Crippen LogP contribution in [-0.4, -0.2) is 11.0 Å². The maximum atomic E-state index is 13.2. The highest BCUT2D eigenvalue weighted by Gasteiger charge is 2.23. The van der Waals surface area contributed by atoms with Gasteiger partial charge in [0.05, 0.1) is 5.92 Å². The van der Waals surface area contributed by atoms with Crippen LogP contribution in [0.4, 0.5) is 5.69 Å². The second-order valence-corrected chi connectivity index (χ2v) is 7.90. The van der Waals surface area contributed by atoms with Gasteiger partial charge in [-0.2, -0.15) is 0 Å². The van der Waals surface area contributed by atoms with Gasteiger partial charge in [0.25, 0.3) is 0 Å². The number of amides is 1. The van der Waals surface area contributed by atoms with Gasteiger partial charge in [0.15, 0.2) is 5.11 Å². The number of hydrogen-bond acceptors (Lipinski definition) is 3. The lowest BCUT2D eigenvalue weighted by atomic mass is 9.90. The molecule has 164 valence electrons. The van der Waals surface area contributed by atoms with E-state index in [1.54, 1.807) is 0 Å². The Bertz CT molecular complexity index is 1140. The minimum absolute atomic E-state index is 0.187. The third-order valence-electron chi connectivity index (χ3n) is 5.13. The molecule has 0 aliphatic rings. The van der Waals surface area contributed by atoms with Gasteiger partial charge in [-0.05, 0) is 53.2 Å². The normalized spacial score (nSPS) is 10.5. The molecule has 4 nitrogen and oxygen atoms in total. The van der Waals surface area contributed by atoms with E-state index in [2.05, 4.69) is 10.6 Å². The molecular weight excluding hydrogens is 428 g/mol. The summed E-state index contributed by atoms with van der Waals surface area (Å²) in [6.07, 6.45) is 0. The zero-order valence-electron chi connectivity index (χ0n) is 18.0. The molecule has 0 fully saturated rings. The molecule has 0 aromatic heterocycles. The van der Waals surface area contributed by atoms with Crippen molar-refractivity contribution in [3.63, 3.8) is 0 Å². The van der Waals surface area contributed by atoms with Crippen LogP contribution < -0.4 is 15.4 Å². The topological polar surface area (TPSA) is 50.4 Å². The molecule has 0 unspecified atom stereocenters. The maximum absolute atomic E-state index is 13.2. The molecule has 0 bridgehead atoms. The van der Waals surface area contributed by atoms with Crippen molar-refractivity contribution in [2.75, 3.05) is 5.32 Å². The Kier molecular flexibility index (Phi) is 7.46. The monoisotopic (exact) mass is 452 g/mol. The molecule has 5 heteroatoms. The van der Waals surface area contributed by atoms with Crippen LogP contribution in [0.2, 0.25) is 0 Å². The van der Waals surface area contributed by atoms with Gasteiger partial charge in [-0.25, -0.2) is 0 Å². The van der Waals surface area contributed by atoms with E-state index in [9.17, 15) is 4.79 Å². The number of benzene rings is 4. The second-order valence-electron chi connectivity index (χ2n) is 7.50. The van der Waals surface area contributed by atoms with Crippen LogP contribution in [0.15, 0.2) is 115 Å². The molecule has 4 aromatic carbocycles. The van der Waals surface area contributed by atoms with Gasteiger partial charge in [0.2, 0.25) is 5.91 Å². The van der Waals surface area contributed by atoms with E-state index in [4.69, 9.17) is 17.0 Å². The van der Waals surface area contributed by atoms with Gasteiger partial charge in [-0.3, -0.25) is 4.79 Å². The standard InChI is InChI=1S/C28H24N2O2S/c31-27(26(22-12-6-2-7-13-22)23-14-8-3-9-15-23)30-28(33)29-24-16-18-25(19-17-24)32-20-21-10-4-1-5-11-21/h1-19,26H,20H2,(H2,29,30,31,33). The van der Waals surface area contributed by atoms with Crippen LogP contribution in [0, 0.1) is 0 Å². The van der Waals surface area contributed by atoms with Crippen molar-refractivity contribution in [3.05, 3.63) is 132 Å². The lowest BCUT2D eigenvalue weighted by Crippen LogP contribution is -2.37. The van der Waals surface area contributed by atoms with Crippen LogP contribution in [0.25, 0.3) is 0 Å². The van der Waals surface area contributed by atoms with E-state index in [0.717, 1.165) is 28.1 Å². The van der Waals surface area contributed by atoms with Crippen LogP contribution >= 0.6 is 12.2 Å². The van der Waals surface area contributed by atoms with Crippen LogP contribution in [0.1, 0.15) is 22.6 Å². The second kappa shape index (κ2) is 11.1. The van der Waals surface area contributed by atoms with Gasteiger partial charge in [-0.1, -0.05) is 91.0 Å². The van der Waals surface area contributed by atoms with Gasteiger partial charge in [-0.15, -0.1) is 0 Å².